The van der Waals surface area contributed by atoms with E-state index in [1.807, 2.05) is 0 Å². The quantitative estimate of drug-likeness (QED) is 0.906. The number of hydrogen-bond donors (Lipinski definition) is 1. The topological polar surface area (TPSA) is 42.0 Å². The van der Waals surface area contributed by atoms with Crippen molar-refractivity contribution in [3.8, 4) is 0 Å². The lowest BCUT2D eigenvalue weighted by Crippen LogP contribution is -2.12. The molecule has 0 aliphatic rings. The summed E-state index contributed by atoms with van der Waals surface area (Å²) in [4.78, 5) is 15.6. The summed E-state index contributed by atoms with van der Waals surface area (Å²) < 4.78 is 0. The van der Waals surface area contributed by atoms with Crippen LogP contribution in [0.15, 0.2) is 29.1 Å². The van der Waals surface area contributed by atoms with Crippen molar-refractivity contribution < 1.29 is 4.79 Å². The molecule has 2 aromatic rings. The molecule has 1 amide bonds. The highest BCUT2D eigenvalue weighted by molar-refractivity contribution is 7.07. The van der Waals surface area contributed by atoms with Crippen LogP contribution < -0.4 is 5.32 Å². The average Bonchev–Trinajstić information content (AvgIpc) is 2.78. The molecule has 0 saturated carbocycles. The zero-order valence-corrected chi connectivity index (χ0v) is 10.2. The van der Waals surface area contributed by atoms with Gasteiger partial charge < -0.3 is 5.32 Å². The summed E-state index contributed by atoms with van der Waals surface area (Å²) in [5.41, 5.74) is 2.43. The van der Waals surface area contributed by atoms with Crippen LogP contribution in [0.5, 0.6) is 0 Å². The van der Waals surface area contributed by atoms with Crippen molar-refractivity contribution in [1.82, 2.24) is 4.98 Å². The summed E-state index contributed by atoms with van der Waals surface area (Å²) >= 11 is 13.1. The minimum Gasteiger partial charge on any atom is -0.319 e. The van der Waals surface area contributed by atoms with Crippen LogP contribution in [0.3, 0.4) is 0 Å². The van der Waals surface area contributed by atoms with E-state index < -0.39 is 0 Å². The molecular weight excluding hydrogens is 267 g/mol. The normalized spacial score (nSPS) is 10.1. The highest BCUT2D eigenvalue weighted by Crippen LogP contribution is 2.29. The Bertz CT molecular complexity index is 514. The van der Waals surface area contributed by atoms with E-state index in [0.29, 0.717) is 21.4 Å². The smallest absolute Gasteiger partial charge is 0.275 e. The maximum Gasteiger partial charge on any atom is 0.275 e. The number of aromatic nitrogens is 1. The van der Waals surface area contributed by atoms with Gasteiger partial charge in [-0.05, 0) is 12.1 Å². The van der Waals surface area contributed by atoms with Crippen LogP contribution in [0.2, 0.25) is 10.0 Å². The van der Waals surface area contributed by atoms with Gasteiger partial charge in [-0.15, -0.1) is 11.3 Å². The van der Waals surface area contributed by atoms with Gasteiger partial charge in [0.25, 0.3) is 5.91 Å². The van der Waals surface area contributed by atoms with Crippen LogP contribution >= 0.6 is 34.5 Å². The minimum absolute atomic E-state index is 0.301. The highest BCUT2D eigenvalue weighted by Gasteiger charge is 2.11. The first-order valence-corrected chi connectivity index (χ1v) is 6.02. The van der Waals surface area contributed by atoms with Gasteiger partial charge in [0.1, 0.15) is 5.69 Å². The second kappa shape index (κ2) is 4.82. The third-order valence-electron chi connectivity index (χ3n) is 1.86. The molecule has 1 aromatic heterocycles. The molecule has 1 N–H and O–H groups in total. The molecule has 0 fully saturated rings. The van der Waals surface area contributed by atoms with Crippen LogP contribution in [0, 0.1) is 0 Å². The number of halogens is 2. The van der Waals surface area contributed by atoms with E-state index in [4.69, 9.17) is 23.2 Å². The fraction of sp³-hybridized carbons (Fsp3) is 0. The standard InChI is InChI=1S/C10H6Cl2N2OS/c11-6-2-1-3-7(9(6)12)14-10(15)8-4-16-5-13-8/h1-5H,(H,14,15). The van der Waals surface area contributed by atoms with Gasteiger partial charge in [0, 0.05) is 5.38 Å². The van der Waals surface area contributed by atoms with Crippen molar-refractivity contribution in [1.29, 1.82) is 0 Å². The van der Waals surface area contributed by atoms with Gasteiger partial charge in [0.15, 0.2) is 0 Å². The van der Waals surface area contributed by atoms with E-state index >= 15 is 0 Å². The minimum atomic E-state index is -0.301. The van der Waals surface area contributed by atoms with E-state index in [1.165, 1.54) is 11.3 Å². The molecule has 0 aliphatic heterocycles. The van der Waals surface area contributed by atoms with Crippen molar-refractivity contribution in [2.24, 2.45) is 0 Å². The van der Waals surface area contributed by atoms with Crippen molar-refractivity contribution in [2.75, 3.05) is 5.32 Å². The first-order chi connectivity index (χ1) is 7.68. The molecule has 2 rings (SSSR count). The Kier molecular flexibility index (Phi) is 3.43. The molecule has 6 heteroatoms. The van der Waals surface area contributed by atoms with Gasteiger partial charge in [-0.25, -0.2) is 4.98 Å². The van der Waals surface area contributed by atoms with Crippen molar-refractivity contribution in [3.63, 3.8) is 0 Å². The van der Waals surface area contributed by atoms with Gasteiger partial charge in [-0.3, -0.25) is 4.79 Å². The number of rotatable bonds is 2. The summed E-state index contributed by atoms with van der Waals surface area (Å²) in [6.45, 7) is 0. The van der Waals surface area contributed by atoms with Crippen LogP contribution in [0.25, 0.3) is 0 Å². The summed E-state index contributed by atoms with van der Waals surface area (Å²) in [5.74, 6) is -0.301. The predicted octanol–water partition coefficient (Wildman–Crippen LogP) is 3.70. The van der Waals surface area contributed by atoms with Gasteiger partial charge in [-0.2, -0.15) is 0 Å². The summed E-state index contributed by atoms with van der Waals surface area (Å²) in [6.07, 6.45) is 0. The fourth-order valence-corrected chi connectivity index (χ4v) is 1.99. The maximum absolute atomic E-state index is 11.7. The Morgan fingerprint density at radius 2 is 2.19 bits per heavy atom. The lowest BCUT2D eigenvalue weighted by atomic mass is 10.3. The zero-order valence-electron chi connectivity index (χ0n) is 7.91. The molecule has 0 bridgehead atoms. The number of nitrogens with one attached hydrogen (secondary N) is 1. The number of hydrogen-bond acceptors (Lipinski definition) is 3. The maximum atomic E-state index is 11.7. The van der Waals surface area contributed by atoms with Crippen molar-refractivity contribution in [2.45, 2.75) is 0 Å². The molecule has 0 saturated heterocycles. The zero-order chi connectivity index (χ0) is 11.5. The molecule has 3 nitrogen and oxygen atoms in total. The largest absolute Gasteiger partial charge is 0.319 e. The molecule has 0 radical (unpaired) electrons. The van der Waals surface area contributed by atoms with Crippen LogP contribution in [0.1, 0.15) is 10.5 Å². The van der Waals surface area contributed by atoms with E-state index in [0.717, 1.165) is 0 Å². The number of amides is 1. The second-order valence-electron chi connectivity index (χ2n) is 2.93. The van der Waals surface area contributed by atoms with Gasteiger partial charge >= 0.3 is 0 Å². The molecule has 0 atom stereocenters. The lowest BCUT2D eigenvalue weighted by Gasteiger charge is -2.06. The van der Waals surface area contributed by atoms with E-state index in [2.05, 4.69) is 10.3 Å². The predicted molar refractivity (Wildman–Crippen MR) is 66.5 cm³/mol. The molecule has 82 valence electrons. The van der Waals surface area contributed by atoms with Crippen LogP contribution in [0.4, 0.5) is 5.69 Å². The Hall–Kier alpha value is -1.10. The number of carbonyl (C=O) groups excluding carboxylic acids is 1. The first kappa shape index (κ1) is 11.4. The Morgan fingerprint density at radius 1 is 1.38 bits per heavy atom. The molecule has 0 unspecified atom stereocenters. The number of benzene rings is 1. The number of anilines is 1. The third-order valence-corrected chi connectivity index (χ3v) is 3.27. The molecule has 1 heterocycles. The van der Waals surface area contributed by atoms with Gasteiger partial charge in [0.05, 0.1) is 21.2 Å². The summed E-state index contributed by atoms with van der Waals surface area (Å²) in [7, 11) is 0. The monoisotopic (exact) mass is 272 g/mol. The SMILES string of the molecule is O=C(Nc1cccc(Cl)c1Cl)c1cscn1. The molecular formula is C10H6Cl2N2OS. The van der Waals surface area contributed by atoms with E-state index in [1.54, 1.807) is 29.1 Å². The van der Waals surface area contributed by atoms with Crippen LogP contribution in [-0.2, 0) is 0 Å². The number of carbonyl (C=O) groups is 1. The Labute approximate surface area is 106 Å². The highest BCUT2D eigenvalue weighted by atomic mass is 35.5. The molecule has 0 spiro atoms. The number of nitrogens with zero attached hydrogens (tertiary/aromatic N) is 1. The average molecular weight is 273 g/mol. The number of thiazole rings is 1. The van der Waals surface area contributed by atoms with E-state index in [9.17, 15) is 4.79 Å². The first-order valence-electron chi connectivity index (χ1n) is 4.32. The van der Waals surface area contributed by atoms with E-state index in [-0.39, 0.29) is 5.91 Å². The lowest BCUT2D eigenvalue weighted by molar-refractivity contribution is 0.102. The molecule has 1 aromatic carbocycles. The van der Waals surface area contributed by atoms with Crippen molar-refractivity contribution >= 4 is 46.1 Å². The second-order valence-corrected chi connectivity index (χ2v) is 4.43. The summed E-state index contributed by atoms with van der Waals surface area (Å²) in [6, 6.07) is 5.05. The van der Waals surface area contributed by atoms with Gasteiger partial charge in [-0.1, -0.05) is 29.3 Å². The molecule has 0 aliphatic carbocycles. The summed E-state index contributed by atoms with van der Waals surface area (Å²) in [5, 5.41) is 5.03. The molecule has 16 heavy (non-hydrogen) atoms. The van der Waals surface area contributed by atoms with Crippen molar-refractivity contribution in [3.05, 3.63) is 44.8 Å². The Morgan fingerprint density at radius 3 is 2.88 bits per heavy atom. The van der Waals surface area contributed by atoms with Crippen LogP contribution in [-0.4, -0.2) is 10.9 Å². The third kappa shape index (κ3) is 2.35. The van der Waals surface area contributed by atoms with Gasteiger partial charge in [0.2, 0.25) is 0 Å². The fourth-order valence-electron chi connectivity index (χ4n) is 1.11. The Balaban J connectivity index is 2.22.